The lowest BCUT2D eigenvalue weighted by Gasteiger charge is -2.27. The van der Waals surface area contributed by atoms with Crippen LogP contribution < -0.4 is 0 Å². The fourth-order valence-corrected chi connectivity index (χ4v) is 3.45. The van der Waals surface area contributed by atoms with Crippen LogP contribution in [0.3, 0.4) is 0 Å². The van der Waals surface area contributed by atoms with Crippen molar-refractivity contribution in [2.24, 2.45) is 0 Å². The summed E-state index contributed by atoms with van der Waals surface area (Å²) in [5, 5.41) is 3.01. The summed E-state index contributed by atoms with van der Waals surface area (Å²) < 4.78 is 1.17. The van der Waals surface area contributed by atoms with E-state index in [2.05, 4.69) is 45.9 Å². The minimum atomic E-state index is 0.907. The number of fused-ring (bicyclic) bond motifs is 1. The Labute approximate surface area is 101 Å². The van der Waals surface area contributed by atoms with Crippen molar-refractivity contribution in [3.8, 4) is 0 Å². The molecule has 0 aliphatic carbocycles. The van der Waals surface area contributed by atoms with Crippen LogP contribution in [0.2, 0.25) is 0 Å². The first-order valence-electron chi connectivity index (χ1n) is 4.11. The molecule has 1 aromatic rings. The Morgan fingerprint density at radius 1 is 1.69 bits per heavy atom. The minimum Gasteiger partial charge on any atom is -0.361 e. The SMILES string of the molecule is CCN1Cc2sccc2C(Cl)=C1I. The standard InChI is InChI=1S/C9H9ClINS/c1-2-12-5-7-6(3-4-13-7)8(10)9(12)11/h3-4H,2,5H2,1H3. The Morgan fingerprint density at radius 3 is 3.15 bits per heavy atom. The lowest BCUT2D eigenvalue weighted by atomic mass is 10.2. The molecule has 0 fully saturated rings. The number of thiophene rings is 1. The lowest BCUT2D eigenvalue weighted by molar-refractivity contribution is 0.386. The van der Waals surface area contributed by atoms with Gasteiger partial charge in [0.1, 0.15) is 0 Å². The van der Waals surface area contributed by atoms with Crippen molar-refractivity contribution < 1.29 is 0 Å². The zero-order chi connectivity index (χ0) is 9.42. The van der Waals surface area contributed by atoms with E-state index in [0.29, 0.717) is 0 Å². The molecule has 0 spiro atoms. The Balaban J connectivity index is 2.48. The van der Waals surface area contributed by atoms with Gasteiger partial charge in [-0.3, -0.25) is 0 Å². The summed E-state index contributed by atoms with van der Waals surface area (Å²) in [5.74, 6) is 0. The Hall–Kier alpha value is 0.260. The van der Waals surface area contributed by atoms with E-state index in [0.717, 1.165) is 18.1 Å². The molecule has 0 bridgehead atoms. The Kier molecular flexibility index (Phi) is 2.86. The molecule has 70 valence electrons. The number of nitrogens with zero attached hydrogens (tertiary/aromatic N) is 1. The van der Waals surface area contributed by atoms with Crippen LogP contribution in [0, 0.1) is 0 Å². The molecule has 0 saturated heterocycles. The maximum atomic E-state index is 6.25. The molecule has 0 saturated carbocycles. The summed E-state index contributed by atoms with van der Waals surface area (Å²) in [7, 11) is 0. The number of hydrogen-bond acceptors (Lipinski definition) is 2. The van der Waals surface area contributed by atoms with Gasteiger partial charge in [-0.25, -0.2) is 0 Å². The van der Waals surface area contributed by atoms with E-state index >= 15 is 0 Å². The molecule has 0 unspecified atom stereocenters. The molecule has 1 aromatic heterocycles. The van der Waals surface area contributed by atoms with Crippen LogP contribution in [0.25, 0.3) is 5.03 Å². The van der Waals surface area contributed by atoms with E-state index in [-0.39, 0.29) is 0 Å². The highest BCUT2D eigenvalue weighted by atomic mass is 127. The van der Waals surface area contributed by atoms with Crippen LogP contribution in [0.15, 0.2) is 15.2 Å². The van der Waals surface area contributed by atoms with Gasteiger partial charge in [0.05, 0.1) is 15.3 Å². The van der Waals surface area contributed by atoms with E-state index in [4.69, 9.17) is 11.6 Å². The fourth-order valence-electron chi connectivity index (χ4n) is 1.40. The molecule has 1 aliphatic heterocycles. The van der Waals surface area contributed by atoms with Crippen molar-refractivity contribution in [2.45, 2.75) is 13.5 Å². The van der Waals surface area contributed by atoms with Gasteiger partial charge in [-0.2, -0.15) is 0 Å². The molecule has 13 heavy (non-hydrogen) atoms. The van der Waals surface area contributed by atoms with Crippen LogP contribution in [0.1, 0.15) is 17.4 Å². The van der Waals surface area contributed by atoms with Gasteiger partial charge in [0.2, 0.25) is 0 Å². The van der Waals surface area contributed by atoms with E-state index < -0.39 is 0 Å². The van der Waals surface area contributed by atoms with Crippen LogP contribution in [-0.2, 0) is 6.54 Å². The number of hydrogen-bond donors (Lipinski definition) is 0. The largest absolute Gasteiger partial charge is 0.361 e. The fraction of sp³-hybridized carbons (Fsp3) is 0.333. The number of halogens is 2. The molecular weight excluding hydrogens is 317 g/mol. The van der Waals surface area contributed by atoms with Gasteiger partial charge in [0.25, 0.3) is 0 Å². The molecule has 0 radical (unpaired) electrons. The summed E-state index contributed by atoms with van der Waals surface area (Å²) >= 11 is 10.4. The van der Waals surface area contributed by atoms with Crippen molar-refractivity contribution in [1.29, 1.82) is 0 Å². The predicted molar refractivity (Wildman–Crippen MR) is 67.2 cm³/mol. The summed E-state index contributed by atoms with van der Waals surface area (Å²) in [6.45, 7) is 4.19. The quantitative estimate of drug-likeness (QED) is 0.559. The molecule has 0 amide bonds. The average Bonchev–Trinajstić information content (AvgIpc) is 2.59. The maximum absolute atomic E-state index is 6.25. The van der Waals surface area contributed by atoms with Gasteiger partial charge in [0.15, 0.2) is 0 Å². The highest BCUT2D eigenvalue weighted by molar-refractivity contribution is 14.1. The normalized spacial score (nSPS) is 16.4. The third kappa shape index (κ3) is 1.62. The molecule has 0 aromatic carbocycles. The first-order chi connectivity index (χ1) is 6.24. The van der Waals surface area contributed by atoms with Gasteiger partial charge < -0.3 is 4.90 Å². The molecule has 0 N–H and O–H groups in total. The van der Waals surface area contributed by atoms with E-state index in [1.165, 1.54) is 14.1 Å². The molecule has 4 heteroatoms. The van der Waals surface area contributed by atoms with Gasteiger partial charge >= 0.3 is 0 Å². The highest BCUT2D eigenvalue weighted by Crippen LogP contribution is 2.39. The Morgan fingerprint density at radius 2 is 2.46 bits per heavy atom. The monoisotopic (exact) mass is 325 g/mol. The molecule has 0 atom stereocenters. The topological polar surface area (TPSA) is 3.24 Å². The van der Waals surface area contributed by atoms with Gasteiger partial charge in [-0.15, -0.1) is 11.3 Å². The predicted octanol–water partition coefficient (Wildman–Crippen LogP) is 3.88. The molecule has 2 rings (SSSR count). The van der Waals surface area contributed by atoms with Crippen LogP contribution in [0.4, 0.5) is 0 Å². The van der Waals surface area contributed by atoms with Gasteiger partial charge in [0, 0.05) is 17.0 Å². The van der Waals surface area contributed by atoms with Crippen LogP contribution in [0.5, 0.6) is 0 Å². The molecule has 1 nitrogen and oxygen atoms in total. The third-order valence-corrected chi connectivity index (χ3v) is 4.99. The molecule has 1 aliphatic rings. The summed E-state index contributed by atoms with van der Waals surface area (Å²) in [6.07, 6.45) is 0. The number of rotatable bonds is 1. The summed E-state index contributed by atoms with van der Waals surface area (Å²) in [6, 6.07) is 2.11. The zero-order valence-electron chi connectivity index (χ0n) is 7.18. The van der Waals surface area contributed by atoms with E-state index in [9.17, 15) is 0 Å². The van der Waals surface area contributed by atoms with Crippen molar-refractivity contribution in [3.63, 3.8) is 0 Å². The highest BCUT2D eigenvalue weighted by Gasteiger charge is 2.21. The maximum Gasteiger partial charge on any atom is 0.0956 e. The van der Waals surface area contributed by atoms with Gasteiger partial charge in [-0.1, -0.05) is 11.6 Å². The second-order valence-corrected chi connectivity index (χ2v) is 5.28. The molecular formula is C9H9ClINS. The second-order valence-electron chi connectivity index (χ2n) is 2.88. The summed E-state index contributed by atoms with van der Waals surface area (Å²) in [5.41, 5.74) is 1.22. The van der Waals surface area contributed by atoms with Crippen molar-refractivity contribution in [3.05, 3.63) is 25.6 Å². The van der Waals surface area contributed by atoms with E-state index in [1.54, 1.807) is 11.3 Å². The van der Waals surface area contributed by atoms with Crippen molar-refractivity contribution in [1.82, 2.24) is 4.90 Å². The average molecular weight is 326 g/mol. The van der Waals surface area contributed by atoms with E-state index in [1.807, 2.05) is 0 Å². The van der Waals surface area contributed by atoms with Crippen molar-refractivity contribution >= 4 is 50.6 Å². The van der Waals surface area contributed by atoms with Crippen LogP contribution in [-0.4, -0.2) is 11.4 Å². The second kappa shape index (κ2) is 3.79. The first-order valence-corrected chi connectivity index (χ1v) is 6.44. The zero-order valence-corrected chi connectivity index (χ0v) is 10.9. The molecule has 2 heterocycles. The van der Waals surface area contributed by atoms with Crippen molar-refractivity contribution in [2.75, 3.05) is 6.54 Å². The lowest BCUT2D eigenvalue weighted by Crippen LogP contribution is -2.22. The third-order valence-electron chi connectivity index (χ3n) is 2.16. The smallest absolute Gasteiger partial charge is 0.0956 e. The summed E-state index contributed by atoms with van der Waals surface area (Å²) in [4.78, 5) is 3.68. The van der Waals surface area contributed by atoms with Crippen LogP contribution >= 0.6 is 45.5 Å². The first kappa shape index (κ1) is 9.80. The Bertz CT molecular complexity index is 358. The van der Waals surface area contributed by atoms with Gasteiger partial charge in [-0.05, 0) is 41.0 Å². The minimum absolute atomic E-state index is 0.907.